The molecule has 0 radical (unpaired) electrons. The lowest BCUT2D eigenvalue weighted by molar-refractivity contribution is -0.697. The van der Waals surface area contributed by atoms with E-state index in [0.717, 1.165) is 101 Å². The van der Waals surface area contributed by atoms with E-state index in [4.69, 9.17) is 24.8 Å². The molecular weight excluding hydrogens is 1730 g/mol. The zero-order chi connectivity index (χ0) is 98.7. The highest BCUT2D eigenvalue weighted by atomic mass is 35.5. The Morgan fingerprint density at radius 1 is 0.561 bits per heavy atom. The Morgan fingerprint density at radius 3 is 1.42 bits per heavy atom. The number of aromatic nitrogens is 12. The van der Waals surface area contributed by atoms with Crippen molar-refractivity contribution in [1.29, 1.82) is 0 Å². The summed E-state index contributed by atoms with van der Waals surface area (Å²) in [6.45, 7) is 68.8. The Bertz CT molecular complexity index is 4260. The van der Waals surface area contributed by atoms with Gasteiger partial charge in [0.2, 0.25) is 18.6 Å². The molecule has 0 aliphatic carbocycles. The van der Waals surface area contributed by atoms with Gasteiger partial charge in [0.05, 0.1) is 61.4 Å². The summed E-state index contributed by atoms with van der Waals surface area (Å²) in [7, 11) is -2.23. The molecule has 0 spiro atoms. The number of hydrogen-bond acceptors (Lipinski definition) is 16. The normalized spacial score (nSPS) is 13.2. The lowest BCUT2D eigenvalue weighted by Crippen LogP contribution is -3.00. The molecule has 9 unspecified atom stereocenters. The van der Waals surface area contributed by atoms with E-state index in [1.165, 1.54) is 62.2 Å². The molecule has 1 aliphatic rings. The number of nitrogens with zero attached hydrogens (tertiary/aromatic N) is 15. The van der Waals surface area contributed by atoms with E-state index in [9.17, 15) is 27.4 Å². The zero-order valence-corrected chi connectivity index (χ0v) is 89.0. The fourth-order valence-electron chi connectivity index (χ4n) is 12.0. The third-order valence-corrected chi connectivity index (χ3v) is 24.4. The van der Waals surface area contributed by atoms with Crippen LogP contribution in [0.25, 0.3) is 0 Å². The lowest BCUT2D eigenvalue weighted by Gasteiger charge is -2.22. The van der Waals surface area contributed by atoms with Crippen LogP contribution in [0.2, 0.25) is 0 Å². The second-order valence-corrected chi connectivity index (χ2v) is 34.9. The number of aryl methyl sites for hydroxylation is 4. The molecular formula is C103H179Cl2N15O11S. The van der Waals surface area contributed by atoms with Gasteiger partial charge < -0.3 is 82.6 Å². The van der Waals surface area contributed by atoms with Crippen LogP contribution in [0.3, 0.4) is 0 Å². The van der Waals surface area contributed by atoms with Gasteiger partial charge in [-0.1, -0.05) is 189 Å². The number of imidazole rings is 6. The van der Waals surface area contributed by atoms with Gasteiger partial charge in [-0.2, -0.15) is 0 Å². The van der Waals surface area contributed by atoms with Crippen molar-refractivity contribution in [3.63, 3.8) is 0 Å². The summed E-state index contributed by atoms with van der Waals surface area (Å²) in [5, 5.41) is 26.4. The molecule has 9 aromatic rings. The first-order chi connectivity index (χ1) is 61.8. The van der Waals surface area contributed by atoms with Crippen molar-refractivity contribution in [2.45, 2.75) is 343 Å². The van der Waals surface area contributed by atoms with Gasteiger partial charge in [-0.15, -0.1) is 0 Å². The largest absolute Gasteiger partial charge is 1.00 e. The number of carbonyl (C=O) groups excluding carboxylic acids is 3. The van der Waals surface area contributed by atoms with Crippen LogP contribution < -0.4 is 38.5 Å². The van der Waals surface area contributed by atoms with Crippen molar-refractivity contribution < 1.29 is 90.7 Å². The Balaban J connectivity index is -0.000000682. The van der Waals surface area contributed by atoms with Crippen LogP contribution in [0.4, 0.5) is 0 Å². The van der Waals surface area contributed by atoms with E-state index in [-0.39, 0.29) is 60.9 Å². The predicted molar refractivity (Wildman–Crippen MR) is 529 cm³/mol. The van der Waals surface area contributed by atoms with Crippen molar-refractivity contribution in [2.75, 3.05) is 72.2 Å². The van der Waals surface area contributed by atoms with Crippen molar-refractivity contribution >= 4 is 28.0 Å². The number of likely N-dealkylation sites (N-methyl/N-ethyl adjacent to an activating group) is 1. The van der Waals surface area contributed by atoms with Gasteiger partial charge in [0.15, 0.2) is 6.54 Å². The predicted octanol–water partition coefficient (Wildman–Crippen LogP) is 13.3. The Hall–Kier alpha value is -8.38. The minimum Gasteiger partial charge on any atom is -1.00 e. The average molecular weight is 1910 g/mol. The number of amides is 1. The van der Waals surface area contributed by atoms with E-state index in [0.29, 0.717) is 67.1 Å². The van der Waals surface area contributed by atoms with Gasteiger partial charge in [0.1, 0.15) is 79.0 Å². The summed E-state index contributed by atoms with van der Waals surface area (Å²) in [4.78, 5) is 52.7. The fourth-order valence-corrected chi connectivity index (χ4v) is 12.5. The molecule has 26 nitrogen and oxygen atoms in total. The summed E-state index contributed by atoms with van der Waals surface area (Å²) in [6, 6.07) is 30.2. The maximum absolute atomic E-state index is 11.6. The summed E-state index contributed by atoms with van der Waals surface area (Å²) < 4.78 is 60.0. The van der Waals surface area contributed by atoms with Gasteiger partial charge >= 0.3 is 11.9 Å². The van der Waals surface area contributed by atoms with E-state index < -0.39 is 28.8 Å². The summed E-state index contributed by atoms with van der Waals surface area (Å²) in [5.41, 5.74) is 3.48. The third kappa shape index (κ3) is 56.1. The maximum Gasteiger partial charge on any atom is 0.348 e. The van der Waals surface area contributed by atoms with E-state index in [1.54, 1.807) is 29.2 Å². The number of ether oxygens (including phenoxy) is 2. The number of hydrogen-bond donors (Lipinski definition) is 3. The molecule has 3 aromatic carbocycles. The zero-order valence-electron chi connectivity index (χ0n) is 86.7. The first-order valence-corrected chi connectivity index (χ1v) is 49.4. The quantitative estimate of drug-likeness (QED) is 0.0189. The number of rotatable bonds is 35. The molecule has 7 heterocycles. The molecule has 1 amide bonds. The number of carbonyl (C=O) groups is 3. The highest BCUT2D eigenvalue weighted by Gasteiger charge is 2.27. The Morgan fingerprint density at radius 2 is 1.05 bits per heavy atom. The molecule has 132 heavy (non-hydrogen) atoms. The monoisotopic (exact) mass is 1900 g/mol. The van der Waals surface area contributed by atoms with Crippen LogP contribution in [-0.2, 0) is 60.7 Å². The minimum absolute atomic E-state index is 0. The number of esters is 2. The van der Waals surface area contributed by atoms with Crippen molar-refractivity contribution in [1.82, 2.24) is 57.1 Å². The molecule has 1 saturated heterocycles. The van der Waals surface area contributed by atoms with Crippen LogP contribution in [0, 0.1) is 26.2 Å². The van der Waals surface area contributed by atoms with Gasteiger partial charge in [-0.3, -0.25) is 9.59 Å². The molecule has 6 aromatic heterocycles. The first-order valence-electron chi connectivity index (χ1n) is 48.0. The second kappa shape index (κ2) is 76.9. The summed E-state index contributed by atoms with van der Waals surface area (Å²) in [6.07, 6.45) is 42.0. The third-order valence-electron chi connectivity index (χ3n) is 23.6. The standard InChI is InChI=1S/C13H23N2O4.C12H25NO2.2C10H14.C9H17N2O.C8H15N2.C8H14N2.C8H15NO.C7H12N2.C7H8O3S.C6H15N.C5H8N2.2ClH/c1-4-10(2)15-6-5-14(11(15)3)7-13(18)19-9-12(17)8-16;1-6-12(4,5)11(14)15-10-9-13(7-2)8-3;2*1-3-9(2)10-7-5-4-6-8-10;1-3-9(2)11-5-4-10(8-11)6-7-12;1-4-8(2)10-6-5-9(3)7-10;1-4-7(2)10-6-5-9-8(10)3;1-3-7(2)9-6-4-5-8(9)10;1-3-7(2)9-5-4-8-6-9;1-6-2-4-7(5-3-6)11(8,9)10;1-4-7(5-2)6-3;1-2-7-4-3-6-5-7;;/h5-6,10,12,16-17H,4,7-9H2,1-3H3;6-10H2,1-5H3;2*4-9H,3H2,1-2H3;4-5,8-9,12H,3,6-7H2,1-2H3;5-8H,4H2,1-3H3;5-7H,4H2,1-3H3;7H,3-6H2,1-2H3;4-7H,3H2,1-2H3;2-5H,1H3,(H,8,9,10);4-6H2,1-3H3;3-5H,2H2,1H3;2*1H/q+1;;;;2*+1;;;;;;;;/p-3. The molecule has 0 saturated carbocycles. The smallest absolute Gasteiger partial charge is 0.348 e. The number of aliphatic hydroxyl groups excluding tert-OH is 3. The van der Waals surface area contributed by atoms with Crippen molar-refractivity contribution in [2.24, 2.45) is 12.5 Å². The molecule has 752 valence electrons. The van der Waals surface area contributed by atoms with E-state index in [1.807, 2.05) is 131 Å². The fraction of sp³-hybridized carbons (Fsp3) is 0.621. The van der Waals surface area contributed by atoms with Gasteiger partial charge in [-0.25, -0.2) is 55.6 Å². The Kier molecular flexibility index (Phi) is 75.6. The van der Waals surface area contributed by atoms with Gasteiger partial charge in [0.25, 0.3) is 5.82 Å². The lowest BCUT2D eigenvalue weighted by atomic mass is 9.91. The maximum atomic E-state index is 11.6. The van der Waals surface area contributed by atoms with E-state index >= 15 is 0 Å². The molecule has 3 N–H and O–H groups in total. The summed E-state index contributed by atoms with van der Waals surface area (Å²) in [5.74, 6) is 3.33. The van der Waals surface area contributed by atoms with Crippen LogP contribution in [0.5, 0.6) is 0 Å². The average Bonchev–Trinajstić information content (AvgIpc) is 1.70. The molecule has 9 atom stereocenters. The molecule has 10 rings (SSSR count). The summed E-state index contributed by atoms with van der Waals surface area (Å²) >= 11 is 0. The van der Waals surface area contributed by atoms with Crippen LogP contribution in [-0.4, -0.2) is 188 Å². The Labute approximate surface area is 811 Å². The number of halogens is 2. The topological polar surface area (TPSA) is 277 Å². The SMILES string of the molecule is CCC(C)N1CCCC1=O.CCC(C)c1ccccc1.CCC(C)c1ccccc1.CCC(C)n1cc[n+](C)c1.CCC(C)n1cc[n+](CC(=O)OCC(O)CO)c1C.CCC(C)n1cc[n+](CCO)c1.CCC(C)n1ccnc1.CCC(C)n1ccnc1C.CCN(CC)CC.CCN(CC)CCOC(=O)C(C)(C)CC.CCn1ccnc1.Cc1ccc(S(=O)(=O)[O-])cc1.[Cl-].[Cl-]. The van der Waals surface area contributed by atoms with Crippen molar-refractivity contribution in [3.8, 4) is 0 Å². The highest BCUT2D eigenvalue weighted by Crippen LogP contribution is 2.23. The van der Waals surface area contributed by atoms with Gasteiger partial charge in [-0.05, 0) is 208 Å². The van der Waals surface area contributed by atoms with E-state index in [2.05, 4.69) is 284 Å². The number of likely N-dealkylation sites (tertiary alicyclic amines) is 1. The van der Waals surface area contributed by atoms with Crippen LogP contribution >= 0.6 is 0 Å². The highest BCUT2D eigenvalue weighted by molar-refractivity contribution is 7.85. The van der Waals surface area contributed by atoms with Gasteiger partial charge in [0, 0.05) is 88.3 Å². The minimum atomic E-state index is -4.27. The molecule has 0 bridgehead atoms. The van der Waals surface area contributed by atoms with Crippen LogP contribution in [0.15, 0.2) is 189 Å². The number of benzene rings is 3. The first kappa shape index (κ1) is 130. The van der Waals surface area contributed by atoms with Crippen LogP contribution in [0.1, 0.15) is 314 Å². The molecule has 1 fully saturated rings. The van der Waals surface area contributed by atoms with Crippen molar-refractivity contribution in [3.05, 3.63) is 213 Å². The second-order valence-electron chi connectivity index (χ2n) is 33.5. The molecule has 1 aliphatic heterocycles. The number of aliphatic hydroxyl groups is 3. The molecule has 29 heteroatoms.